The molecule has 0 fully saturated rings. The van der Waals surface area contributed by atoms with Gasteiger partial charge in [0.25, 0.3) is 0 Å². The lowest BCUT2D eigenvalue weighted by Gasteiger charge is -1.84. The van der Waals surface area contributed by atoms with Crippen molar-refractivity contribution in [2.24, 2.45) is 0 Å². The molecule has 0 amide bonds. The Balaban J connectivity index is 3.13. The van der Waals surface area contributed by atoms with Crippen LogP contribution in [-0.4, -0.2) is 15.2 Å². The van der Waals surface area contributed by atoms with Gasteiger partial charge in [0.05, 0.1) is 0 Å². The summed E-state index contributed by atoms with van der Waals surface area (Å²) in [6.07, 6.45) is 2.17. The van der Waals surface area contributed by atoms with E-state index >= 15 is 0 Å². The van der Waals surface area contributed by atoms with Gasteiger partial charge in [0.1, 0.15) is 0 Å². The minimum absolute atomic E-state index is 0.102. The molecule has 0 aliphatic heterocycles. The van der Waals surface area contributed by atoms with Gasteiger partial charge >= 0.3 is 0 Å². The largest absolute Gasteiger partial charge is 0.223 e. The summed E-state index contributed by atoms with van der Waals surface area (Å²) < 4.78 is 0. The van der Waals surface area contributed by atoms with E-state index in [-0.39, 0.29) is 10.3 Å². The predicted molar refractivity (Wildman–Crippen MR) is 28.7 cm³/mol. The first-order valence-electron chi connectivity index (χ1n) is 1.72. The van der Waals surface area contributed by atoms with Gasteiger partial charge in [0.2, 0.25) is 6.33 Å². The average molecular weight is 149 g/mol. The summed E-state index contributed by atoms with van der Waals surface area (Å²) in [5, 5.41) is 6.82. The molecule has 0 saturated carbocycles. The van der Waals surface area contributed by atoms with Gasteiger partial charge in [0.15, 0.2) is 10.3 Å². The summed E-state index contributed by atoms with van der Waals surface area (Å²) in [5.74, 6) is 0. The molecule has 41 valence electrons. The fourth-order valence-corrected chi connectivity index (χ4v) is 0.376. The standard InChI is InChI=1S/C3Cl2N3/c4-2-3(5)8-7-1-6-2. The van der Waals surface area contributed by atoms with E-state index in [1.807, 2.05) is 0 Å². The van der Waals surface area contributed by atoms with Crippen molar-refractivity contribution in [2.45, 2.75) is 0 Å². The van der Waals surface area contributed by atoms with Crippen molar-refractivity contribution in [3.05, 3.63) is 16.6 Å². The Bertz CT molecular complexity index is 169. The maximum atomic E-state index is 5.33. The lowest BCUT2D eigenvalue weighted by molar-refractivity contribution is 0.958. The topological polar surface area (TPSA) is 38.7 Å². The molecular weight excluding hydrogens is 149 g/mol. The fraction of sp³-hybridized carbons (Fsp3) is 0. The summed E-state index contributed by atoms with van der Waals surface area (Å²) >= 11 is 10.7. The number of aromatic nitrogens is 3. The van der Waals surface area contributed by atoms with Gasteiger partial charge in [-0.3, -0.25) is 0 Å². The van der Waals surface area contributed by atoms with Crippen molar-refractivity contribution in [1.82, 2.24) is 15.2 Å². The summed E-state index contributed by atoms with van der Waals surface area (Å²) in [6.45, 7) is 0. The maximum Gasteiger partial charge on any atom is 0.223 e. The van der Waals surface area contributed by atoms with Crippen LogP contribution >= 0.6 is 23.2 Å². The van der Waals surface area contributed by atoms with Crippen LogP contribution in [-0.2, 0) is 0 Å². The van der Waals surface area contributed by atoms with Crippen LogP contribution in [0.3, 0.4) is 0 Å². The van der Waals surface area contributed by atoms with E-state index < -0.39 is 0 Å². The molecule has 0 N–H and O–H groups in total. The molecule has 0 spiro atoms. The normalized spacial score (nSPS) is 9.25. The van der Waals surface area contributed by atoms with Crippen LogP contribution in [0.4, 0.5) is 0 Å². The first-order chi connectivity index (χ1) is 3.80. The Labute approximate surface area is 55.7 Å². The van der Waals surface area contributed by atoms with E-state index in [9.17, 15) is 0 Å². The monoisotopic (exact) mass is 148 g/mol. The van der Waals surface area contributed by atoms with Crippen LogP contribution in [0.2, 0.25) is 10.3 Å². The summed E-state index contributed by atoms with van der Waals surface area (Å²) in [7, 11) is 0. The zero-order chi connectivity index (χ0) is 5.98. The Morgan fingerprint density at radius 2 is 2.00 bits per heavy atom. The van der Waals surface area contributed by atoms with E-state index in [1.54, 1.807) is 0 Å². The van der Waals surface area contributed by atoms with E-state index in [0.29, 0.717) is 0 Å². The number of halogens is 2. The van der Waals surface area contributed by atoms with E-state index in [1.165, 1.54) is 0 Å². The molecule has 1 aromatic heterocycles. The quantitative estimate of drug-likeness (QED) is 0.551. The first kappa shape index (κ1) is 5.72. The third kappa shape index (κ3) is 1.05. The second-order valence-electron chi connectivity index (χ2n) is 0.993. The lowest BCUT2D eigenvalue weighted by Crippen LogP contribution is -1.84. The summed E-state index contributed by atoms with van der Waals surface area (Å²) in [5.41, 5.74) is 0. The molecule has 0 saturated heterocycles. The van der Waals surface area contributed by atoms with Crippen LogP contribution < -0.4 is 0 Å². The Morgan fingerprint density at radius 1 is 1.25 bits per heavy atom. The van der Waals surface area contributed by atoms with Crippen molar-refractivity contribution >= 4 is 23.2 Å². The van der Waals surface area contributed by atoms with Gasteiger partial charge in [-0.25, -0.2) is 4.98 Å². The fourth-order valence-electron chi connectivity index (χ4n) is 0.220. The smallest absolute Gasteiger partial charge is 0.208 e. The maximum absolute atomic E-state index is 5.33. The van der Waals surface area contributed by atoms with Gasteiger partial charge in [-0.05, 0) is 0 Å². The number of nitrogens with zero attached hydrogens (tertiary/aromatic N) is 3. The Morgan fingerprint density at radius 3 is 2.38 bits per heavy atom. The first-order valence-corrected chi connectivity index (χ1v) is 2.48. The van der Waals surface area contributed by atoms with Gasteiger partial charge in [-0.1, -0.05) is 23.2 Å². The highest BCUT2D eigenvalue weighted by molar-refractivity contribution is 6.40. The molecular formula is C3Cl2N3. The highest BCUT2D eigenvalue weighted by atomic mass is 35.5. The van der Waals surface area contributed by atoms with E-state index in [2.05, 4.69) is 21.5 Å². The SMILES string of the molecule is Clc1n[c]nnc1Cl. The molecule has 0 aromatic carbocycles. The Kier molecular flexibility index (Phi) is 1.60. The highest BCUT2D eigenvalue weighted by Crippen LogP contribution is 2.11. The molecule has 0 bridgehead atoms. The molecule has 1 rings (SSSR count). The molecule has 5 heteroatoms. The third-order valence-corrected chi connectivity index (χ3v) is 1.12. The van der Waals surface area contributed by atoms with Crippen molar-refractivity contribution < 1.29 is 0 Å². The van der Waals surface area contributed by atoms with E-state index in [0.717, 1.165) is 0 Å². The molecule has 3 nitrogen and oxygen atoms in total. The summed E-state index contributed by atoms with van der Waals surface area (Å²) in [6, 6.07) is 0. The van der Waals surface area contributed by atoms with Gasteiger partial charge < -0.3 is 0 Å². The summed E-state index contributed by atoms with van der Waals surface area (Å²) in [4.78, 5) is 3.41. The number of hydrogen-bond donors (Lipinski definition) is 0. The lowest BCUT2D eigenvalue weighted by atomic mass is 10.9. The van der Waals surface area contributed by atoms with Gasteiger partial charge in [0, 0.05) is 0 Å². The Hall–Kier alpha value is -0.410. The van der Waals surface area contributed by atoms with Crippen LogP contribution in [0.25, 0.3) is 0 Å². The van der Waals surface area contributed by atoms with Crippen LogP contribution in [0.5, 0.6) is 0 Å². The number of rotatable bonds is 0. The van der Waals surface area contributed by atoms with E-state index in [4.69, 9.17) is 23.2 Å². The molecule has 0 aliphatic carbocycles. The molecule has 0 atom stereocenters. The van der Waals surface area contributed by atoms with Crippen LogP contribution in [0, 0.1) is 6.33 Å². The highest BCUT2D eigenvalue weighted by Gasteiger charge is 1.95. The van der Waals surface area contributed by atoms with Crippen LogP contribution in [0.1, 0.15) is 0 Å². The zero-order valence-electron chi connectivity index (χ0n) is 3.60. The second-order valence-corrected chi connectivity index (χ2v) is 1.71. The third-order valence-electron chi connectivity index (χ3n) is 0.501. The molecule has 0 unspecified atom stereocenters. The predicted octanol–water partition coefficient (Wildman–Crippen LogP) is 0.979. The average Bonchev–Trinajstić information content (AvgIpc) is 1.77. The van der Waals surface area contributed by atoms with Crippen molar-refractivity contribution in [3.8, 4) is 0 Å². The van der Waals surface area contributed by atoms with Gasteiger partial charge in [-0.15, -0.1) is 10.2 Å². The van der Waals surface area contributed by atoms with Crippen molar-refractivity contribution in [2.75, 3.05) is 0 Å². The van der Waals surface area contributed by atoms with Crippen molar-refractivity contribution in [1.29, 1.82) is 0 Å². The molecule has 8 heavy (non-hydrogen) atoms. The zero-order valence-corrected chi connectivity index (χ0v) is 5.11. The van der Waals surface area contributed by atoms with Crippen LogP contribution in [0.15, 0.2) is 0 Å². The van der Waals surface area contributed by atoms with Crippen molar-refractivity contribution in [3.63, 3.8) is 0 Å². The molecule has 1 radical (unpaired) electrons. The minimum Gasteiger partial charge on any atom is -0.208 e. The molecule has 1 aromatic rings. The molecule has 0 aliphatic rings. The minimum atomic E-state index is 0.102. The van der Waals surface area contributed by atoms with Gasteiger partial charge in [-0.2, -0.15) is 0 Å². The molecule has 1 heterocycles. The number of hydrogen-bond acceptors (Lipinski definition) is 3. The second kappa shape index (κ2) is 2.24.